The van der Waals surface area contributed by atoms with Gasteiger partial charge in [0.25, 0.3) is 6.71 Å². The largest absolute Gasteiger partial charge is 0.310 e. The van der Waals surface area contributed by atoms with Crippen molar-refractivity contribution < 1.29 is 4.11 Å². The minimum atomic E-state index is -2.63. The third-order valence-corrected chi connectivity index (χ3v) is 27.5. The van der Waals surface area contributed by atoms with Gasteiger partial charge in [0.1, 0.15) is 0 Å². The molecule has 2 aliphatic rings. The summed E-state index contributed by atoms with van der Waals surface area (Å²) in [5.41, 5.74) is 31.1. The molecule has 0 bridgehead atoms. The Labute approximate surface area is 712 Å². The van der Waals surface area contributed by atoms with Crippen molar-refractivity contribution in [2.24, 2.45) is 0 Å². The van der Waals surface area contributed by atoms with Crippen molar-refractivity contribution in [2.75, 3.05) is 9.80 Å². The van der Waals surface area contributed by atoms with Crippen LogP contribution in [0.3, 0.4) is 0 Å². The first-order chi connectivity index (χ1) is 58.7. The summed E-state index contributed by atoms with van der Waals surface area (Å²) in [4.78, 5) is 5.09. The van der Waals surface area contributed by atoms with Gasteiger partial charge < -0.3 is 14.4 Å². The first-order valence-electron chi connectivity index (χ1n) is 43.4. The first-order valence-corrected chi connectivity index (χ1v) is 43.5. The van der Waals surface area contributed by atoms with E-state index in [1.807, 2.05) is 22.7 Å². The van der Waals surface area contributed by atoms with E-state index >= 15 is 0 Å². The van der Waals surface area contributed by atoms with Crippen LogP contribution in [0.1, 0.15) is 115 Å². The second-order valence-corrected chi connectivity index (χ2v) is 39.2. The van der Waals surface area contributed by atoms with Crippen molar-refractivity contribution in [3.05, 3.63) is 361 Å². The van der Waals surface area contributed by atoms with Crippen molar-refractivity contribution in [3.8, 4) is 83.6 Å². The molecule has 6 heteroatoms. The summed E-state index contributed by atoms with van der Waals surface area (Å²) < 4.78 is 38.0. The van der Waals surface area contributed by atoms with Gasteiger partial charge in [0, 0.05) is 106 Å². The number of aromatic nitrogens is 1. The molecule has 0 unspecified atom stereocenters. The molecule has 5 heterocycles. The molecule has 3 nitrogen and oxygen atoms in total. The molecule has 0 saturated heterocycles. The van der Waals surface area contributed by atoms with Crippen molar-refractivity contribution in [3.63, 3.8) is 0 Å². The highest BCUT2D eigenvalue weighted by atomic mass is 32.1. The van der Waals surface area contributed by atoms with E-state index in [9.17, 15) is 4.11 Å². The van der Waals surface area contributed by atoms with Crippen LogP contribution >= 0.6 is 22.7 Å². The fourth-order valence-corrected chi connectivity index (χ4v) is 21.4. The van der Waals surface area contributed by atoms with E-state index in [1.54, 1.807) is 0 Å². The predicted octanol–water partition coefficient (Wildman–Crippen LogP) is 30.8. The SMILES string of the molecule is [2H]C([2H])([2H])c1cc2c3c(c1)N(c1c(-c4cccc5sc6ccccc6c45)cc(C(C)(C)C)cc1-c1cccc4sc5ccccc5c14)c1ccc(-c4cc(-c5ccccc5)cc(-c5ccccc5)c4)cc1B3c1ccc(-n3c4ccc(C(C)(C)C)cc4c4cc(C(C)(C)C)ccc43)cc1N2c1c(-c2ccccc2)cc(C(C)(C)C)cc1-c1ccccc1. The maximum Gasteiger partial charge on any atom is 0.252 e. The van der Waals surface area contributed by atoms with Gasteiger partial charge in [0.05, 0.1) is 22.4 Å². The highest BCUT2D eigenvalue weighted by Crippen LogP contribution is 2.58. The molecular formula is C113H94BN3S2. The van der Waals surface area contributed by atoms with Crippen LogP contribution in [0.4, 0.5) is 34.1 Å². The summed E-state index contributed by atoms with van der Waals surface area (Å²) in [6.45, 7) is 24.7. The fourth-order valence-electron chi connectivity index (χ4n) is 19.1. The van der Waals surface area contributed by atoms with Gasteiger partial charge in [0.15, 0.2) is 0 Å². The molecule has 0 atom stereocenters. The molecule has 0 fully saturated rings. The lowest BCUT2D eigenvalue weighted by atomic mass is 9.33. The van der Waals surface area contributed by atoms with Crippen LogP contribution in [-0.4, -0.2) is 11.3 Å². The zero-order valence-corrected chi connectivity index (χ0v) is 71.1. The third kappa shape index (κ3) is 12.4. The molecule has 576 valence electrons. The van der Waals surface area contributed by atoms with Crippen molar-refractivity contribution in [2.45, 2.75) is 112 Å². The van der Waals surface area contributed by atoms with Crippen LogP contribution in [-0.2, 0) is 21.7 Å². The number of aryl methyl sites for hydroxylation is 1. The number of hydrogen-bond acceptors (Lipinski definition) is 4. The van der Waals surface area contributed by atoms with E-state index in [0.29, 0.717) is 0 Å². The minimum Gasteiger partial charge on any atom is -0.310 e. The molecule has 0 amide bonds. The number of rotatable bonds is 10. The van der Waals surface area contributed by atoms with E-state index in [2.05, 4.69) is 431 Å². The third-order valence-electron chi connectivity index (χ3n) is 25.2. The van der Waals surface area contributed by atoms with Crippen LogP contribution in [0.15, 0.2) is 334 Å². The standard InChI is InChI=1S/C113H94BN3S2/c1-69-56-99-107-100(57-69)117(108-87(72-36-22-16-23-37-72)64-80(112(8,9)10)65-88(108)73-38-24-17-25-39-73)98-68-82(115-95-54-49-78(110(2,3)4)62-89(95)90-63-79(111(5,6)7)50-55-96(90)115)51-52-93(98)114(107)94-61-74(77-59-75(70-32-18-14-19-33-70)58-76(60-77)71-34-20-15-21-35-71)48-53-97(94)116(99)109-91(83-42-30-46-103-105(83)85-40-26-28-44-101(85)118-103)66-81(113(11,12)13)67-92(109)84-43-31-47-104-106(84)86-41-27-29-45-102(86)119-104/h14-68H,1-13H3/i1D3. The lowest BCUT2D eigenvalue weighted by Gasteiger charge is -2.46. The minimum absolute atomic E-state index is 0.120. The summed E-state index contributed by atoms with van der Waals surface area (Å²) in [6.07, 6.45) is 0. The Hall–Kier alpha value is -12.6. The molecule has 0 N–H and O–H groups in total. The summed E-state index contributed by atoms with van der Waals surface area (Å²) in [6, 6.07) is 125. The fraction of sp³-hybridized carbons (Fsp3) is 0.150. The molecule has 2 aliphatic heterocycles. The van der Waals surface area contributed by atoms with Crippen molar-refractivity contribution >= 4 is 142 Å². The topological polar surface area (TPSA) is 11.4 Å². The Morgan fingerprint density at radius 1 is 0.269 bits per heavy atom. The number of nitrogens with zero attached hydrogens (tertiary/aromatic N) is 3. The van der Waals surface area contributed by atoms with Crippen LogP contribution in [0.25, 0.3) is 146 Å². The Morgan fingerprint density at radius 3 is 1.14 bits per heavy atom. The average Bonchev–Trinajstić information content (AvgIpc) is 0.740. The second kappa shape index (κ2) is 27.8. The van der Waals surface area contributed by atoms with Gasteiger partial charge in [-0.15, -0.1) is 22.7 Å². The predicted molar refractivity (Wildman–Crippen MR) is 518 cm³/mol. The molecule has 21 rings (SSSR count). The Morgan fingerprint density at radius 2 is 0.681 bits per heavy atom. The number of fused-ring (bicyclic) bond motifs is 13. The Balaban J connectivity index is 0.963. The molecule has 119 heavy (non-hydrogen) atoms. The second-order valence-electron chi connectivity index (χ2n) is 37.0. The van der Waals surface area contributed by atoms with Gasteiger partial charge in [-0.05, 0) is 250 Å². The maximum absolute atomic E-state index is 10.2. The summed E-state index contributed by atoms with van der Waals surface area (Å²) in [5.74, 6) is 0. The Kier molecular flexibility index (Phi) is 16.5. The summed E-state index contributed by atoms with van der Waals surface area (Å²) in [5, 5.41) is 7.15. The zero-order chi connectivity index (χ0) is 83.8. The normalized spacial score (nSPS) is 13.5. The van der Waals surface area contributed by atoms with E-state index in [4.69, 9.17) is 0 Å². The quantitative estimate of drug-likeness (QED) is 0.126. The van der Waals surface area contributed by atoms with E-state index in [0.717, 1.165) is 145 Å². The molecule has 0 aliphatic carbocycles. The molecule has 0 spiro atoms. The van der Waals surface area contributed by atoms with Crippen LogP contribution in [0.5, 0.6) is 0 Å². The van der Waals surface area contributed by atoms with Gasteiger partial charge in [-0.2, -0.15) is 0 Å². The number of hydrogen-bond donors (Lipinski definition) is 0. The van der Waals surface area contributed by atoms with Gasteiger partial charge in [-0.3, -0.25) is 0 Å². The molecule has 0 radical (unpaired) electrons. The van der Waals surface area contributed by atoms with Crippen LogP contribution in [0.2, 0.25) is 0 Å². The van der Waals surface area contributed by atoms with Gasteiger partial charge >= 0.3 is 0 Å². The Bertz CT molecular complexity index is 7150. The highest BCUT2D eigenvalue weighted by molar-refractivity contribution is 7.26. The zero-order valence-electron chi connectivity index (χ0n) is 72.5. The summed E-state index contributed by atoms with van der Waals surface area (Å²) >= 11 is 3.67. The van der Waals surface area contributed by atoms with Gasteiger partial charge in [-0.25, -0.2) is 0 Å². The number of benzene rings is 16. The van der Waals surface area contributed by atoms with Crippen LogP contribution in [0, 0.1) is 6.85 Å². The lowest BCUT2D eigenvalue weighted by molar-refractivity contribution is 0.590. The molecule has 19 aromatic rings. The summed E-state index contributed by atoms with van der Waals surface area (Å²) in [7, 11) is 0. The number of thiophene rings is 2. The molecule has 3 aromatic heterocycles. The van der Waals surface area contributed by atoms with E-state index in [-0.39, 0.29) is 27.2 Å². The van der Waals surface area contributed by atoms with Crippen molar-refractivity contribution in [1.82, 2.24) is 4.57 Å². The molecule has 16 aromatic carbocycles. The lowest BCUT2D eigenvalue weighted by Crippen LogP contribution is -2.61. The first kappa shape index (κ1) is 70.6. The van der Waals surface area contributed by atoms with Crippen LogP contribution < -0.4 is 26.2 Å². The maximum atomic E-state index is 10.2. The highest BCUT2D eigenvalue weighted by Gasteiger charge is 2.47. The van der Waals surface area contributed by atoms with Crippen molar-refractivity contribution in [1.29, 1.82) is 0 Å². The monoisotopic (exact) mass is 1570 g/mol. The van der Waals surface area contributed by atoms with Gasteiger partial charge in [0.2, 0.25) is 0 Å². The number of anilines is 6. The molecule has 0 saturated carbocycles. The van der Waals surface area contributed by atoms with E-state index in [1.165, 1.54) is 73.4 Å². The molecular weight excluding hydrogens is 1470 g/mol. The average molecular weight is 1570 g/mol. The van der Waals surface area contributed by atoms with E-state index < -0.39 is 13.6 Å². The van der Waals surface area contributed by atoms with Gasteiger partial charge in [-0.1, -0.05) is 295 Å². The smallest absolute Gasteiger partial charge is 0.252 e.